The molecule has 1 saturated carbocycles. The lowest BCUT2D eigenvalue weighted by molar-refractivity contribution is 0.263. The van der Waals surface area contributed by atoms with Gasteiger partial charge in [0.1, 0.15) is 0 Å². The van der Waals surface area contributed by atoms with Gasteiger partial charge in [0.2, 0.25) is 0 Å². The van der Waals surface area contributed by atoms with E-state index < -0.39 is 0 Å². The van der Waals surface area contributed by atoms with Crippen molar-refractivity contribution in [1.82, 2.24) is 9.55 Å². The first-order chi connectivity index (χ1) is 11.5. The Bertz CT molecular complexity index is 664. The van der Waals surface area contributed by atoms with E-state index in [1.54, 1.807) is 11.8 Å². The smallest absolute Gasteiger partial charge is 0.168 e. The molecule has 1 N–H and O–H groups in total. The molecule has 0 atom stereocenters. The summed E-state index contributed by atoms with van der Waals surface area (Å²) in [4.78, 5) is 4.57. The summed E-state index contributed by atoms with van der Waals surface area (Å²) in [6.07, 6.45) is 6.82. The molecule has 0 unspecified atom stereocenters. The van der Waals surface area contributed by atoms with Crippen LogP contribution in [0.15, 0.2) is 35.6 Å². The lowest BCUT2D eigenvalue weighted by Gasteiger charge is -2.19. The SMILES string of the molecule is CC(C)(C)c1ccc(CSc2ncc(CO)n2C2CCCC2)cc1. The van der Waals surface area contributed by atoms with Gasteiger partial charge in [-0.25, -0.2) is 4.98 Å². The van der Waals surface area contributed by atoms with Gasteiger partial charge in [-0.15, -0.1) is 0 Å². The van der Waals surface area contributed by atoms with Crippen molar-refractivity contribution >= 4 is 11.8 Å². The molecule has 1 aliphatic rings. The van der Waals surface area contributed by atoms with Crippen molar-refractivity contribution in [3.8, 4) is 0 Å². The number of benzene rings is 1. The zero-order valence-corrected chi connectivity index (χ0v) is 15.8. The van der Waals surface area contributed by atoms with Gasteiger partial charge in [0.05, 0.1) is 18.5 Å². The van der Waals surface area contributed by atoms with Gasteiger partial charge in [0.25, 0.3) is 0 Å². The standard InChI is InChI=1S/C20H28N2OS/c1-20(2,3)16-10-8-15(9-11-16)14-24-19-21-12-18(13-23)22(19)17-6-4-5-7-17/h8-12,17,23H,4-7,13-14H2,1-3H3. The van der Waals surface area contributed by atoms with Crippen molar-refractivity contribution in [2.24, 2.45) is 0 Å². The highest BCUT2D eigenvalue weighted by Gasteiger charge is 2.22. The van der Waals surface area contributed by atoms with Crippen LogP contribution in [0.2, 0.25) is 0 Å². The third-order valence-corrected chi connectivity index (χ3v) is 5.92. The van der Waals surface area contributed by atoms with Crippen LogP contribution in [0.4, 0.5) is 0 Å². The number of hydrogen-bond donors (Lipinski definition) is 1. The summed E-state index contributed by atoms with van der Waals surface area (Å²) in [7, 11) is 0. The Kier molecular flexibility index (Phi) is 5.36. The summed E-state index contributed by atoms with van der Waals surface area (Å²) in [5.74, 6) is 0.916. The van der Waals surface area contributed by atoms with Crippen LogP contribution < -0.4 is 0 Å². The van der Waals surface area contributed by atoms with Crippen LogP contribution in [0.3, 0.4) is 0 Å². The molecule has 0 spiro atoms. The molecule has 3 rings (SSSR count). The van der Waals surface area contributed by atoms with Crippen molar-refractivity contribution in [2.75, 3.05) is 0 Å². The average Bonchev–Trinajstić information content (AvgIpc) is 3.21. The van der Waals surface area contributed by atoms with E-state index in [-0.39, 0.29) is 12.0 Å². The molecule has 1 aromatic heterocycles. The molecule has 4 heteroatoms. The number of nitrogens with zero attached hydrogens (tertiary/aromatic N) is 2. The van der Waals surface area contributed by atoms with Crippen molar-refractivity contribution in [2.45, 2.75) is 75.4 Å². The second kappa shape index (κ2) is 7.32. The minimum absolute atomic E-state index is 0.0737. The van der Waals surface area contributed by atoms with Gasteiger partial charge < -0.3 is 9.67 Å². The quantitative estimate of drug-likeness (QED) is 0.769. The fraction of sp³-hybridized carbons (Fsp3) is 0.550. The average molecular weight is 345 g/mol. The summed E-state index contributed by atoms with van der Waals surface area (Å²) in [5.41, 5.74) is 3.83. The number of aliphatic hydroxyl groups excluding tert-OH is 1. The summed E-state index contributed by atoms with van der Waals surface area (Å²) in [6.45, 7) is 6.80. The van der Waals surface area contributed by atoms with Crippen molar-refractivity contribution in [3.05, 3.63) is 47.3 Å². The Morgan fingerprint density at radius 2 is 1.83 bits per heavy atom. The maximum absolute atomic E-state index is 9.61. The lowest BCUT2D eigenvalue weighted by Crippen LogP contribution is -2.11. The molecule has 0 bridgehead atoms. The maximum Gasteiger partial charge on any atom is 0.168 e. The predicted molar refractivity (Wildman–Crippen MR) is 100 cm³/mol. The van der Waals surface area contributed by atoms with Crippen LogP contribution in [0.25, 0.3) is 0 Å². The van der Waals surface area contributed by atoms with E-state index in [2.05, 4.69) is 54.6 Å². The van der Waals surface area contributed by atoms with E-state index in [0.29, 0.717) is 6.04 Å². The molecule has 0 saturated heterocycles. The van der Waals surface area contributed by atoms with E-state index in [1.165, 1.54) is 36.8 Å². The molecule has 0 radical (unpaired) electrons. The fourth-order valence-corrected chi connectivity index (χ4v) is 4.42. The van der Waals surface area contributed by atoms with Crippen LogP contribution in [0.5, 0.6) is 0 Å². The van der Waals surface area contributed by atoms with Gasteiger partial charge in [-0.05, 0) is 29.4 Å². The van der Waals surface area contributed by atoms with Crippen molar-refractivity contribution < 1.29 is 5.11 Å². The molecular formula is C20H28N2OS. The molecule has 130 valence electrons. The fourth-order valence-electron chi connectivity index (χ4n) is 3.40. The minimum Gasteiger partial charge on any atom is -0.390 e. The number of hydrogen-bond acceptors (Lipinski definition) is 3. The first-order valence-corrected chi connectivity index (χ1v) is 9.87. The number of aliphatic hydroxyl groups is 1. The molecule has 1 aliphatic carbocycles. The summed E-state index contributed by atoms with van der Waals surface area (Å²) in [5, 5.41) is 10.7. The molecule has 1 heterocycles. The van der Waals surface area contributed by atoms with Crippen LogP contribution >= 0.6 is 11.8 Å². The molecule has 1 aromatic carbocycles. The largest absolute Gasteiger partial charge is 0.390 e. The molecule has 3 nitrogen and oxygen atoms in total. The minimum atomic E-state index is 0.0737. The van der Waals surface area contributed by atoms with Crippen LogP contribution in [-0.4, -0.2) is 14.7 Å². The number of thioether (sulfide) groups is 1. The van der Waals surface area contributed by atoms with Gasteiger partial charge in [-0.2, -0.15) is 0 Å². The molecule has 2 aromatic rings. The number of rotatable bonds is 5. The number of imidazole rings is 1. The van der Waals surface area contributed by atoms with Crippen molar-refractivity contribution in [1.29, 1.82) is 0 Å². The van der Waals surface area contributed by atoms with Gasteiger partial charge in [-0.1, -0.05) is 69.6 Å². The number of aromatic nitrogens is 2. The van der Waals surface area contributed by atoms with E-state index in [1.807, 2.05) is 6.20 Å². The van der Waals surface area contributed by atoms with E-state index in [9.17, 15) is 5.11 Å². The van der Waals surface area contributed by atoms with Gasteiger partial charge in [-0.3, -0.25) is 0 Å². The van der Waals surface area contributed by atoms with Crippen LogP contribution in [0, 0.1) is 0 Å². The zero-order valence-electron chi connectivity index (χ0n) is 15.0. The highest BCUT2D eigenvalue weighted by Crippen LogP contribution is 2.35. The first kappa shape index (κ1) is 17.6. The Morgan fingerprint density at radius 3 is 2.42 bits per heavy atom. The third kappa shape index (κ3) is 3.86. The maximum atomic E-state index is 9.61. The first-order valence-electron chi connectivity index (χ1n) is 8.88. The monoisotopic (exact) mass is 344 g/mol. The van der Waals surface area contributed by atoms with Crippen LogP contribution in [0.1, 0.15) is 69.3 Å². The Labute approximate surface area is 149 Å². The van der Waals surface area contributed by atoms with Gasteiger partial charge >= 0.3 is 0 Å². The highest BCUT2D eigenvalue weighted by atomic mass is 32.2. The zero-order chi connectivity index (χ0) is 17.2. The summed E-state index contributed by atoms with van der Waals surface area (Å²) in [6, 6.07) is 9.43. The van der Waals surface area contributed by atoms with E-state index >= 15 is 0 Å². The van der Waals surface area contributed by atoms with E-state index in [0.717, 1.165) is 16.6 Å². The normalized spacial score (nSPS) is 16.0. The summed E-state index contributed by atoms with van der Waals surface area (Å²) < 4.78 is 2.28. The third-order valence-electron chi connectivity index (χ3n) is 4.88. The Morgan fingerprint density at radius 1 is 1.17 bits per heavy atom. The van der Waals surface area contributed by atoms with Gasteiger partial charge in [0.15, 0.2) is 5.16 Å². The lowest BCUT2D eigenvalue weighted by atomic mass is 9.87. The molecule has 0 amide bonds. The molecule has 24 heavy (non-hydrogen) atoms. The highest BCUT2D eigenvalue weighted by molar-refractivity contribution is 7.98. The van der Waals surface area contributed by atoms with E-state index in [4.69, 9.17) is 0 Å². The second-order valence-electron chi connectivity index (χ2n) is 7.73. The Balaban J connectivity index is 1.71. The van der Waals surface area contributed by atoms with Crippen LogP contribution in [-0.2, 0) is 17.8 Å². The molecular weight excluding hydrogens is 316 g/mol. The molecule has 1 fully saturated rings. The Hall–Kier alpha value is -1.26. The predicted octanol–water partition coefficient (Wildman–Crippen LogP) is 5.08. The van der Waals surface area contributed by atoms with Gasteiger partial charge in [0, 0.05) is 11.8 Å². The second-order valence-corrected chi connectivity index (χ2v) is 8.68. The summed E-state index contributed by atoms with van der Waals surface area (Å²) >= 11 is 1.78. The molecule has 0 aliphatic heterocycles. The topological polar surface area (TPSA) is 38.1 Å². The van der Waals surface area contributed by atoms with Crippen molar-refractivity contribution in [3.63, 3.8) is 0 Å².